The van der Waals surface area contributed by atoms with Crippen molar-refractivity contribution in [1.29, 1.82) is 0 Å². The Morgan fingerprint density at radius 3 is 2.50 bits per heavy atom. The summed E-state index contributed by atoms with van der Waals surface area (Å²) in [5, 5.41) is 4.25. The third kappa shape index (κ3) is 3.27. The van der Waals surface area contributed by atoms with Gasteiger partial charge in [0.1, 0.15) is 18.0 Å². The average molecular weight is 298 g/mol. The quantitative estimate of drug-likeness (QED) is 0.872. The van der Waals surface area contributed by atoms with Gasteiger partial charge >= 0.3 is 0 Å². The van der Waals surface area contributed by atoms with Crippen molar-refractivity contribution in [1.82, 2.24) is 5.32 Å². The molecule has 0 aromatic heterocycles. The summed E-state index contributed by atoms with van der Waals surface area (Å²) in [6, 6.07) is 4.28. The molecule has 1 aromatic carbocycles. The number of nitrogens with one attached hydrogen (secondary N) is 1. The molecule has 1 aromatic rings. The summed E-state index contributed by atoms with van der Waals surface area (Å²) in [5.41, 5.74) is 2.16. The van der Waals surface area contributed by atoms with Crippen LogP contribution >= 0.6 is 11.6 Å². The molecule has 0 saturated heterocycles. The summed E-state index contributed by atoms with van der Waals surface area (Å²) in [4.78, 5) is 0. The standard InChI is InChI=1S/C16H24ClNO2/c1-5-6-18-13-9-14(16(13)19-4)20-15-10(2)7-12(17)8-11(15)3/h7-8,13-14,16,18H,5-6,9H2,1-4H3. The van der Waals surface area contributed by atoms with E-state index in [1.165, 1.54) is 0 Å². The van der Waals surface area contributed by atoms with Gasteiger partial charge in [-0.2, -0.15) is 0 Å². The molecule has 3 atom stereocenters. The Bertz CT molecular complexity index is 441. The smallest absolute Gasteiger partial charge is 0.128 e. The van der Waals surface area contributed by atoms with Crippen LogP contribution in [-0.4, -0.2) is 31.9 Å². The number of halogens is 1. The van der Waals surface area contributed by atoms with Gasteiger partial charge in [0.2, 0.25) is 0 Å². The minimum Gasteiger partial charge on any atom is -0.487 e. The average Bonchev–Trinajstić information content (AvgIpc) is 2.35. The van der Waals surface area contributed by atoms with Gasteiger partial charge in [-0.25, -0.2) is 0 Å². The summed E-state index contributed by atoms with van der Waals surface area (Å²) in [6.07, 6.45) is 2.36. The van der Waals surface area contributed by atoms with Crippen molar-refractivity contribution in [2.45, 2.75) is 51.9 Å². The Labute approximate surface area is 126 Å². The summed E-state index contributed by atoms with van der Waals surface area (Å²) < 4.78 is 11.7. The van der Waals surface area contributed by atoms with Crippen LogP contribution in [0, 0.1) is 13.8 Å². The Morgan fingerprint density at radius 2 is 1.95 bits per heavy atom. The number of benzene rings is 1. The minimum atomic E-state index is 0.118. The Kier molecular flexibility index (Phi) is 5.30. The van der Waals surface area contributed by atoms with Gasteiger partial charge in [0.05, 0.1) is 0 Å². The molecule has 1 aliphatic carbocycles. The molecule has 3 nitrogen and oxygen atoms in total. The minimum absolute atomic E-state index is 0.118. The van der Waals surface area contributed by atoms with Crippen molar-refractivity contribution in [3.8, 4) is 5.75 Å². The molecule has 0 amide bonds. The molecule has 3 unspecified atom stereocenters. The Morgan fingerprint density at radius 1 is 1.30 bits per heavy atom. The molecule has 1 saturated carbocycles. The van der Waals surface area contributed by atoms with Crippen LogP contribution in [0.1, 0.15) is 30.9 Å². The molecule has 1 N–H and O–H groups in total. The van der Waals surface area contributed by atoms with Crippen LogP contribution < -0.4 is 10.1 Å². The molecule has 0 radical (unpaired) electrons. The highest BCUT2D eigenvalue weighted by Gasteiger charge is 2.43. The maximum Gasteiger partial charge on any atom is 0.128 e. The molecule has 20 heavy (non-hydrogen) atoms. The van der Waals surface area contributed by atoms with Crippen molar-refractivity contribution in [2.75, 3.05) is 13.7 Å². The zero-order chi connectivity index (χ0) is 14.7. The highest BCUT2D eigenvalue weighted by atomic mass is 35.5. The van der Waals surface area contributed by atoms with E-state index in [9.17, 15) is 0 Å². The van der Waals surface area contributed by atoms with Gasteiger partial charge in [0, 0.05) is 24.6 Å². The van der Waals surface area contributed by atoms with E-state index in [-0.39, 0.29) is 12.2 Å². The van der Waals surface area contributed by atoms with E-state index >= 15 is 0 Å². The van der Waals surface area contributed by atoms with Gasteiger partial charge < -0.3 is 14.8 Å². The van der Waals surface area contributed by atoms with Crippen molar-refractivity contribution in [3.05, 3.63) is 28.3 Å². The second-order valence-electron chi connectivity index (χ2n) is 5.52. The van der Waals surface area contributed by atoms with E-state index in [1.54, 1.807) is 7.11 Å². The highest BCUT2D eigenvalue weighted by molar-refractivity contribution is 6.30. The normalized spacial score (nSPS) is 25.4. The molecular formula is C16H24ClNO2. The van der Waals surface area contributed by atoms with Gasteiger partial charge in [-0.1, -0.05) is 18.5 Å². The largest absolute Gasteiger partial charge is 0.487 e. The lowest BCUT2D eigenvalue weighted by atomic mass is 9.85. The van der Waals surface area contributed by atoms with Gasteiger partial charge in [-0.15, -0.1) is 0 Å². The lowest BCUT2D eigenvalue weighted by molar-refractivity contribution is -0.0891. The highest BCUT2D eigenvalue weighted by Crippen LogP contribution is 2.33. The third-order valence-corrected chi connectivity index (χ3v) is 4.09. The first-order chi connectivity index (χ1) is 9.56. The zero-order valence-electron chi connectivity index (χ0n) is 12.7. The zero-order valence-corrected chi connectivity index (χ0v) is 13.5. The van der Waals surface area contributed by atoms with Crippen molar-refractivity contribution in [2.24, 2.45) is 0 Å². The van der Waals surface area contributed by atoms with E-state index < -0.39 is 0 Å². The lowest BCUT2D eigenvalue weighted by Crippen LogP contribution is -2.61. The second-order valence-corrected chi connectivity index (χ2v) is 5.96. The molecule has 4 heteroatoms. The van der Waals surface area contributed by atoms with Gasteiger partial charge in [-0.05, 0) is 50.1 Å². The fraction of sp³-hybridized carbons (Fsp3) is 0.625. The molecule has 1 fully saturated rings. The van der Waals surface area contributed by atoms with Crippen LogP contribution in [-0.2, 0) is 4.74 Å². The van der Waals surface area contributed by atoms with E-state index in [2.05, 4.69) is 12.2 Å². The van der Waals surface area contributed by atoms with Crippen LogP contribution in [0.2, 0.25) is 5.02 Å². The summed E-state index contributed by atoms with van der Waals surface area (Å²) >= 11 is 6.05. The van der Waals surface area contributed by atoms with E-state index in [0.717, 1.165) is 41.3 Å². The topological polar surface area (TPSA) is 30.5 Å². The number of methoxy groups -OCH3 is 1. The predicted octanol–water partition coefficient (Wildman–Crippen LogP) is 3.49. The third-order valence-electron chi connectivity index (χ3n) is 3.87. The molecule has 0 aliphatic heterocycles. The van der Waals surface area contributed by atoms with Gasteiger partial charge in [0.15, 0.2) is 0 Å². The maximum atomic E-state index is 6.16. The van der Waals surface area contributed by atoms with Crippen LogP contribution in [0.4, 0.5) is 0 Å². The predicted molar refractivity (Wildman–Crippen MR) is 82.8 cm³/mol. The Hall–Kier alpha value is -0.770. The number of rotatable bonds is 6. The van der Waals surface area contributed by atoms with Crippen molar-refractivity contribution < 1.29 is 9.47 Å². The first kappa shape index (κ1) is 15.6. The van der Waals surface area contributed by atoms with Crippen LogP contribution in [0.3, 0.4) is 0 Å². The van der Waals surface area contributed by atoms with Crippen LogP contribution in [0.15, 0.2) is 12.1 Å². The molecular weight excluding hydrogens is 274 g/mol. The molecule has 0 bridgehead atoms. The number of aryl methyl sites for hydroxylation is 2. The summed E-state index contributed by atoms with van der Waals surface area (Å²) in [7, 11) is 1.75. The van der Waals surface area contributed by atoms with Gasteiger partial charge in [-0.3, -0.25) is 0 Å². The summed E-state index contributed by atoms with van der Waals surface area (Å²) in [6.45, 7) is 7.25. The van der Waals surface area contributed by atoms with E-state index in [0.29, 0.717) is 6.04 Å². The number of hydrogen-bond donors (Lipinski definition) is 1. The second kappa shape index (κ2) is 6.79. The first-order valence-corrected chi connectivity index (χ1v) is 7.64. The summed E-state index contributed by atoms with van der Waals surface area (Å²) in [5.74, 6) is 0.940. The SMILES string of the molecule is CCCNC1CC(Oc2c(C)cc(Cl)cc2C)C1OC. The maximum absolute atomic E-state index is 6.16. The van der Waals surface area contributed by atoms with E-state index in [4.69, 9.17) is 21.1 Å². The van der Waals surface area contributed by atoms with Crippen LogP contribution in [0.25, 0.3) is 0 Å². The molecule has 1 aliphatic rings. The van der Waals surface area contributed by atoms with Gasteiger partial charge in [0.25, 0.3) is 0 Å². The fourth-order valence-electron chi connectivity index (χ4n) is 2.78. The Balaban J connectivity index is 2.01. The van der Waals surface area contributed by atoms with Crippen LogP contribution in [0.5, 0.6) is 5.75 Å². The molecule has 0 heterocycles. The molecule has 2 rings (SSSR count). The molecule has 112 valence electrons. The monoisotopic (exact) mass is 297 g/mol. The van der Waals surface area contributed by atoms with E-state index in [1.807, 2.05) is 26.0 Å². The molecule has 0 spiro atoms. The van der Waals surface area contributed by atoms with Crippen molar-refractivity contribution in [3.63, 3.8) is 0 Å². The number of ether oxygens (including phenoxy) is 2. The number of hydrogen-bond acceptors (Lipinski definition) is 3. The lowest BCUT2D eigenvalue weighted by Gasteiger charge is -2.44. The van der Waals surface area contributed by atoms with Crippen molar-refractivity contribution >= 4 is 11.6 Å². The fourth-order valence-corrected chi connectivity index (χ4v) is 3.10. The first-order valence-electron chi connectivity index (χ1n) is 7.26.